The zero-order chi connectivity index (χ0) is 14.7. The van der Waals surface area contributed by atoms with Crippen LogP contribution < -0.4 is 5.32 Å². The Hall–Kier alpha value is -0.120. The molecule has 3 heteroatoms. The molecule has 2 aliphatic heterocycles. The van der Waals surface area contributed by atoms with Gasteiger partial charge in [0.2, 0.25) is 0 Å². The van der Waals surface area contributed by atoms with Gasteiger partial charge in [-0.05, 0) is 70.1 Å². The van der Waals surface area contributed by atoms with Gasteiger partial charge in [-0.1, -0.05) is 19.8 Å². The van der Waals surface area contributed by atoms with Crippen molar-refractivity contribution in [1.29, 1.82) is 0 Å². The van der Waals surface area contributed by atoms with E-state index in [9.17, 15) is 0 Å². The predicted octanol–water partition coefficient (Wildman–Crippen LogP) is 2.57. The van der Waals surface area contributed by atoms with Gasteiger partial charge in [0, 0.05) is 25.7 Å². The van der Waals surface area contributed by atoms with E-state index in [-0.39, 0.29) is 0 Å². The van der Waals surface area contributed by atoms with Crippen LogP contribution in [0.2, 0.25) is 0 Å². The SMILES string of the molecule is CNCC1(CN2CCCN3CCCC3C2)CCC(C)CC1. The molecule has 2 heterocycles. The van der Waals surface area contributed by atoms with E-state index in [2.05, 4.69) is 29.1 Å². The number of hydrogen-bond donors (Lipinski definition) is 1. The van der Waals surface area contributed by atoms with Crippen molar-refractivity contribution in [2.24, 2.45) is 11.3 Å². The summed E-state index contributed by atoms with van der Waals surface area (Å²) in [5.41, 5.74) is 0.551. The number of hydrogen-bond acceptors (Lipinski definition) is 3. The number of rotatable bonds is 4. The molecule has 0 radical (unpaired) electrons. The molecule has 0 aromatic heterocycles. The molecule has 0 spiro atoms. The molecule has 1 saturated carbocycles. The van der Waals surface area contributed by atoms with Crippen molar-refractivity contribution in [3.8, 4) is 0 Å². The lowest BCUT2D eigenvalue weighted by Crippen LogP contribution is -2.47. The summed E-state index contributed by atoms with van der Waals surface area (Å²) in [4.78, 5) is 5.58. The van der Waals surface area contributed by atoms with Crippen molar-refractivity contribution < 1.29 is 0 Å². The zero-order valence-corrected chi connectivity index (χ0v) is 14.2. The van der Waals surface area contributed by atoms with Gasteiger partial charge in [-0.15, -0.1) is 0 Å². The van der Waals surface area contributed by atoms with Crippen LogP contribution in [0.3, 0.4) is 0 Å². The molecule has 1 aliphatic carbocycles. The molecule has 0 aromatic rings. The predicted molar refractivity (Wildman–Crippen MR) is 89.6 cm³/mol. The highest BCUT2D eigenvalue weighted by atomic mass is 15.3. The second-order valence-electron chi connectivity index (χ2n) is 8.13. The third-order valence-corrected chi connectivity index (χ3v) is 6.33. The fourth-order valence-corrected chi connectivity index (χ4v) is 5.04. The first-order valence-electron chi connectivity index (χ1n) is 9.32. The third-order valence-electron chi connectivity index (χ3n) is 6.33. The minimum atomic E-state index is 0.551. The highest BCUT2D eigenvalue weighted by molar-refractivity contribution is 4.92. The molecule has 0 aromatic carbocycles. The van der Waals surface area contributed by atoms with Gasteiger partial charge >= 0.3 is 0 Å². The van der Waals surface area contributed by atoms with Gasteiger partial charge in [0.25, 0.3) is 0 Å². The Kier molecular flexibility index (Phi) is 5.23. The van der Waals surface area contributed by atoms with E-state index in [0.717, 1.165) is 12.0 Å². The molecule has 3 fully saturated rings. The van der Waals surface area contributed by atoms with Crippen LogP contribution in [-0.4, -0.2) is 62.2 Å². The molecular formula is C18H35N3. The van der Waals surface area contributed by atoms with E-state index in [1.165, 1.54) is 84.2 Å². The summed E-state index contributed by atoms with van der Waals surface area (Å²) >= 11 is 0. The quantitative estimate of drug-likeness (QED) is 0.859. The van der Waals surface area contributed by atoms with Crippen LogP contribution in [0.25, 0.3) is 0 Å². The lowest BCUT2D eigenvalue weighted by atomic mass is 9.70. The molecule has 3 rings (SSSR count). The highest BCUT2D eigenvalue weighted by Crippen LogP contribution is 2.39. The van der Waals surface area contributed by atoms with Crippen LogP contribution in [0.15, 0.2) is 0 Å². The molecule has 1 unspecified atom stereocenters. The van der Waals surface area contributed by atoms with Gasteiger partial charge in [-0.3, -0.25) is 4.90 Å². The summed E-state index contributed by atoms with van der Waals surface area (Å²) in [5.74, 6) is 0.949. The number of fused-ring (bicyclic) bond motifs is 1. The Bertz CT molecular complexity index is 322. The first kappa shape index (κ1) is 15.8. The Morgan fingerprint density at radius 2 is 1.81 bits per heavy atom. The van der Waals surface area contributed by atoms with Gasteiger partial charge in [0.1, 0.15) is 0 Å². The van der Waals surface area contributed by atoms with Gasteiger partial charge in [0.05, 0.1) is 0 Å². The summed E-state index contributed by atoms with van der Waals surface area (Å²) in [5, 5.41) is 3.51. The standard InChI is InChI=1S/C18H35N3/c1-16-6-8-18(9-7-16,14-19-2)15-20-10-4-12-21-11-3-5-17(21)13-20/h16-17,19H,3-15H2,1-2H3. The fraction of sp³-hybridized carbons (Fsp3) is 1.00. The normalized spacial score (nSPS) is 39.1. The van der Waals surface area contributed by atoms with E-state index in [0.29, 0.717) is 5.41 Å². The first-order valence-corrected chi connectivity index (χ1v) is 9.32. The minimum Gasteiger partial charge on any atom is -0.319 e. The monoisotopic (exact) mass is 293 g/mol. The summed E-state index contributed by atoms with van der Waals surface area (Å²) in [7, 11) is 2.14. The maximum atomic E-state index is 3.51. The second kappa shape index (κ2) is 6.97. The van der Waals surface area contributed by atoms with Crippen molar-refractivity contribution >= 4 is 0 Å². The van der Waals surface area contributed by atoms with Crippen molar-refractivity contribution in [3.63, 3.8) is 0 Å². The van der Waals surface area contributed by atoms with Crippen LogP contribution in [0, 0.1) is 11.3 Å². The topological polar surface area (TPSA) is 18.5 Å². The van der Waals surface area contributed by atoms with E-state index < -0.39 is 0 Å². The smallest absolute Gasteiger partial charge is 0.0223 e. The van der Waals surface area contributed by atoms with Crippen LogP contribution in [0.1, 0.15) is 51.9 Å². The van der Waals surface area contributed by atoms with Crippen LogP contribution in [0.5, 0.6) is 0 Å². The lowest BCUT2D eigenvalue weighted by molar-refractivity contribution is 0.0839. The molecule has 21 heavy (non-hydrogen) atoms. The molecule has 3 aliphatic rings. The van der Waals surface area contributed by atoms with Crippen molar-refractivity contribution in [2.45, 2.75) is 57.9 Å². The largest absolute Gasteiger partial charge is 0.319 e. The van der Waals surface area contributed by atoms with Crippen molar-refractivity contribution in [2.75, 3.05) is 46.3 Å². The molecule has 122 valence electrons. The Morgan fingerprint density at radius 1 is 1.05 bits per heavy atom. The average molecular weight is 293 g/mol. The van der Waals surface area contributed by atoms with Crippen LogP contribution in [-0.2, 0) is 0 Å². The molecule has 1 atom stereocenters. The summed E-state index contributed by atoms with van der Waals surface area (Å²) in [6, 6.07) is 0.863. The molecule has 2 saturated heterocycles. The van der Waals surface area contributed by atoms with Crippen molar-refractivity contribution in [3.05, 3.63) is 0 Å². The second-order valence-corrected chi connectivity index (χ2v) is 8.13. The van der Waals surface area contributed by atoms with Crippen molar-refractivity contribution in [1.82, 2.24) is 15.1 Å². The average Bonchev–Trinajstić information content (AvgIpc) is 2.82. The molecule has 1 N–H and O–H groups in total. The van der Waals surface area contributed by atoms with Gasteiger partial charge < -0.3 is 10.2 Å². The van der Waals surface area contributed by atoms with Crippen LogP contribution >= 0.6 is 0 Å². The highest BCUT2D eigenvalue weighted by Gasteiger charge is 2.37. The lowest BCUT2D eigenvalue weighted by Gasteiger charge is -2.43. The summed E-state index contributed by atoms with van der Waals surface area (Å²) < 4.78 is 0. The summed E-state index contributed by atoms with van der Waals surface area (Å²) in [6.07, 6.45) is 9.97. The van der Waals surface area contributed by atoms with E-state index in [1.807, 2.05) is 0 Å². The van der Waals surface area contributed by atoms with Gasteiger partial charge in [0.15, 0.2) is 0 Å². The zero-order valence-electron chi connectivity index (χ0n) is 14.2. The maximum Gasteiger partial charge on any atom is 0.0223 e. The third kappa shape index (κ3) is 3.80. The van der Waals surface area contributed by atoms with E-state index >= 15 is 0 Å². The van der Waals surface area contributed by atoms with Gasteiger partial charge in [-0.25, -0.2) is 0 Å². The van der Waals surface area contributed by atoms with E-state index in [1.54, 1.807) is 0 Å². The molecule has 0 amide bonds. The minimum absolute atomic E-state index is 0.551. The Balaban J connectivity index is 1.61. The molecule has 0 bridgehead atoms. The van der Waals surface area contributed by atoms with E-state index in [4.69, 9.17) is 0 Å². The maximum absolute atomic E-state index is 3.51. The number of nitrogens with one attached hydrogen (secondary N) is 1. The first-order chi connectivity index (χ1) is 10.2. The van der Waals surface area contributed by atoms with Gasteiger partial charge in [-0.2, -0.15) is 0 Å². The Morgan fingerprint density at radius 3 is 2.57 bits per heavy atom. The fourth-order valence-electron chi connectivity index (χ4n) is 5.04. The number of nitrogens with zero attached hydrogens (tertiary/aromatic N) is 2. The molecule has 3 nitrogen and oxygen atoms in total. The van der Waals surface area contributed by atoms with Crippen LogP contribution in [0.4, 0.5) is 0 Å². The molecular weight excluding hydrogens is 258 g/mol. The Labute approximate surface area is 131 Å². The summed E-state index contributed by atoms with van der Waals surface area (Å²) in [6.45, 7) is 10.4.